The molecular weight excluding hydrogens is 628 g/mol. The standard InChI is InChI=1S/C24H17Cl2F11N2O2/c1-10(21(41)39(2)9-22(29,30)31)38-20(40)13-4-3-11(5-15(13)24(35,36)37)18(27)8-14(23(32,33)34)12-6-16(25)19(28)17(26)7-12/h3-8,10,14H,9H2,1-2H3,(H,38,40)/b18-8-. The van der Waals surface area contributed by atoms with Crippen molar-refractivity contribution in [2.24, 2.45) is 0 Å². The van der Waals surface area contributed by atoms with E-state index in [1.807, 2.05) is 0 Å². The molecule has 0 saturated carbocycles. The van der Waals surface area contributed by atoms with Gasteiger partial charge in [0.1, 0.15) is 24.3 Å². The molecule has 2 aromatic carbocycles. The lowest BCUT2D eigenvalue weighted by atomic mass is 9.95. The van der Waals surface area contributed by atoms with Crippen molar-refractivity contribution < 1.29 is 57.9 Å². The Hall–Kier alpha value is -3.07. The highest BCUT2D eigenvalue weighted by atomic mass is 35.5. The van der Waals surface area contributed by atoms with Crippen LogP contribution >= 0.6 is 23.2 Å². The Kier molecular flexibility index (Phi) is 10.3. The number of amides is 2. The van der Waals surface area contributed by atoms with Crippen molar-refractivity contribution in [3.05, 3.63) is 74.5 Å². The van der Waals surface area contributed by atoms with Crippen molar-refractivity contribution in [1.29, 1.82) is 0 Å². The molecule has 41 heavy (non-hydrogen) atoms. The summed E-state index contributed by atoms with van der Waals surface area (Å²) in [5, 5.41) is 0.140. The molecule has 0 radical (unpaired) electrons. The molecule has 0 spiro atoms. The summed E-state index contributed by atoms with van der Waals surface area (Å²) in [5.41, 5.74) is -4.89. The van der Waals surface area contributed by atoms with Gasteiger partial charge in [0.05, 0.1) is 21.2 Å². The van der Waals surface area contributed by atoms with E-state index in [9.17, 15) is 57.9 Å². The number of alkyl halides is 9. The van der Waals surface area contributed by atoms with Gasteiger partial charge < -0.3 is 10.2 Å². The Balaban J connectivity index is 2.47. The van der Waals surface area contributed by atoms with E-state index in [-0.39, 0.29) is 17.0 Å². The number of carbonyl (C=O) groups excluding carboxylic acids is 2. The monoisotopic (exact) mass is 644 g/mol. The Morgan fingerprint density at radius 2 is 1.51 bits per heavy atom. The maximum Gasteiger partial charge on any atom is 0.417 e. The predicted octanol–water partition coefficient (Wildman–Crippen LogP) is 7.95. The summed E-state index contributed by atoms with van der Waals surface area (Å²) in [4.78, 5) is 24.7. The van der Waals surface area contributed by atoms with Gasteiger partial charge in [-0.25, -0.2) is 8.78 Å². The third-order valence-corrected chi connectivity index (χ3v) is 5.94. The third kappa shape index (κ3) is 8.96. The van der Waals surface area contributed by atoms with E-state index in [0.29, 0.717) is 24.3 Å². The van der Waals surface area contributed by atoms with Crippen LogP contribution in [0.1, 0.15) is 39.9 Å². The summed E-state index contributed by atoms with van der Waals surface area (Å²) in [6.07, 6.45) is -15.5. The molecule has 0 heterocycles. The maximum absolute atomic E-state index is 14.9. The summed E-state index contributed by atoms with van der Waals surface area (Å²) in [5.74, 6) is -8.80. The Morgan fingerprint density at radius 1 is 0.976 bits per heavy atom. The molecule has 4 nitrogen and oxygen atoms in total. The van der Waals surface area contributed by atoms with Crippen LogP contribution in [-0.4, -0.2) is 48.7 Å². The molecule has 2 aromatic rings. The number of nitrogens with zero attached hydrogens (tertiary/aromatic N) is 1. The number of nitrogens with one attached hydrogen (secondary N) is 1. The van der Waals surface area contributed by atoms with Crippen LogP contribution in [0.3, 0.4) is 0 Å². The van der Waals surface area contributed by atoms with Crippen LogP contribution in [0.4, 0.5) is 48.3 Å². The normalized spacial score (nSPS) is 14.5. The van der Waals surface area contributed by atoms with Crippen molar-refractivity contribution in [1.82, 2.24) is 10.2 Å². The highest BCUT2D eigenvalue weighted by molar-refractivity contribution is 6.35. The minimum Gasteiger partial charge on any atom is -0.341 e. The lowest BCUT2D eigenvalue weighted by Gasteiger charge is -2.23. The number of carbonyl (C=O) groups is 2. The van der Waals surface area contributed by atoms with Crippen molar-refractivity contribution in [3.8, 4) is 0 Å². The zero-order valence-corrected chi connectivity index (χ0v) is 22.0. The number of benzene rings is 2. The quantitative estimate of drug-likeness (QED) is 0.246. The van der Waals surface area contributed by atoms with Gasteiger partial charge in [-0.05, 0) is 42.8 Å². The predicted molar refractivity (Wildman–Crippen MR) is 126 cm³/mol. The smallest absolute Gasteiger partial charge is 0.341 e. The minimum atomic E-state index is -5.37. The molecule has 0 bridgehead atoms. The van der Waals surface area contributed by atoms with Gasteiger partial charge in [-0.2, -0.15) is 39.5 Å². The molecule has 17 heteroatoms. The van der Waals surface area contributed by atoms with E-state index in [4.69, 9.17) is 23.2 Å². The van der Waals surface area contributed by atoms with E-state index < -0.39 is 92.8 Å². The molecule has 0 aromatic heterocycles. The molecule has 2 amide bonds. The summed E-state index contributed by atoms with van der Waals surface area (Å²) in [6.45, 7) is -0.808. The van der Waals surface area contributed by atoms with E-state index in [2.05, 4.69) is 0 Å². The van der Waals surface area contributed by atoms with Gasteiger partial charge in [0, 0.05) is 12.6 Å². The zero-order chi connectivity index (χ0) is 31.7. The lowest BCUT2D eigenvalue weighted by molar-refractivity contribution is -0.159. The topological polar surface area (TPSA) is 49.4 Å². The molecule has 2 atom stereocenters. The first-order valence-corrected chi connectivity index (χ1v) is 11.7. The second-order valence-corrected chi connectivity index (χ2v) is 9.41. The van der Waals surface area contributed by atoms with Crippen LogP contribution in [0, 0.1) is 5.82 Å². The first-order chi connectivity index (χ1) is 18.5. The van der Waals surface area contributed by atoms with Crippen molar-refractivity contribution in [3.63, 3.8) is 0 Å². The average Bonchev–Trinajstić information content (AvgIpc) is 2.82. The Morgan fingerprint density at radius 3 is 1.98 bits per heavy atom. The molecule has 0 aliphatic carbocycles. The van der Waals surface area contributed by atoms with E-state index >= 15 is 0 Å². The second kappa shape index (κ2) is 12.4. The van der Waals surface area contributed by atoms with Gasteiger partial charge >= 0.3 is 18.5 Å². The third-order valence-electron chi connectivity index (χ3n) is 5.39. The molecule has 2 rings (SSSR count). The van der Waals surface area contributed by atoms with Crippen LogP contribution in [0.5, 0.6) is 0 Å². The van der Waals surface area contributed by atoms with Gasteiger partial charge in [0.25, 0.3) is 5.91 Å². The number of hydrogen-bond acceptors (Lipinski definition) is 2. The van der Waals surface area contributed by atoms with Crippen LogP contribution in [-0.2, 0) is 11.0 Å². The number of allylic oxidation sites excluding steroid dienone is 1. The summed E-state index contributed by atoms with van der Waals surface area (Å²) in [7, 11) is 0.742. The van der Waals surface area contributed by atoms with E-state index in [1.54, 1.807) is 5.32 Å². The number of halogens is 13. The number of hydrogen-bond donors (Lipinski definition) is 1. The first kappa shape index (κ1) is 34.1. The zero-order valence-electron chi connectivity index (χ0n) is 20.5. The molecule has 0 aliphatic rings. The van der Waals surface area contributed by atoms with Crippen LogP contribution in [0.15, 0.2) is 36.4 Å². The average molecular weight is 645 g/mol. The van der Waals surface area contributed by atoms with Crippen LogP contribution in [0.2, 0.25) is 10.0 Å². The van der Waals surface area contributed by atoms with Crippen LogP contribution < -0.4 is 5.32 Å². The molecule has 0 fully saturated rings. The van der Waals surface area contributed by atoms with Gasteiger partial charge in [-0.3, -0.25) is 9.59 Å². The maximum atomic E-state index is 14.9. The fourth-order valence-corrected chi connectivity index (χ4v) is 4.02. The molecule has 0 aliphatic heterocycles. The molecule has 226 valence electrons. The SMILES string of the molecule is CC(NC(=O)c1ccc(/C(F)=C/C(c2cc(Cl)c(F)c(Cl)c2)C(F)(F)F)cc1C(F)(F)F)C(=O)N(C)CC(F)(F)F. The molecular formula is C24H17Cl2F11N2O2. The first-order valence-electron chi connectivity index (χ1n) is 11.0. The number of likely N-dealkylation sites (N-methyl/N-ethyl adjacent to an activating group) is 1. The summed E-state index contributed by atoms with van der Waals surface area (Å²) >= 11 is 11.0. The molecule has 2 unspecified atom stereocenters. The molecule has 1 N–H and O–H groups in total. The second-order valence-electron chi connectivity index (χ2n) is 8.60. The highest BCUT2D eigenvalue weighted by Crippen LogP contribution is 2.41. The number of rotatable bonds is 7. The minimum absolute atomic E-state index is 0.0288. The van der Waals surface area contributed by atoms with Crippen molar-refractivity contribution in [2.45, 2.75) is 37.4 Å². The summed E-state index contributed by atoms with van der Waals surface area (Å²) in [6, 6.07) is 0.263. The molecule has 0 saturated heterocycles. The van der Waals surface area contributed by atoms with E-state index in [0.717, 1.165) is 14.0 Å². The fraction of sp³-hybridized carbons (Fsp3) is 0.333. The summed E-state index contributed by atoms with van der Waals surface area (Å²) < 4.78 is 148. The highest BCUT2D eigenvalue weighted by Gasteiger charge is 2.41. The van der Waals surface area contributed by atoms with Gasteiger partial charge in [0.2, 0.25) is 5.91 Å². The largest absolute Gasteiger partial charge is 0.417 e. The van der Waals surface area contributed by atoms with Gasteiger partial charge in [0.15, 0.2) is 5.82 Å². The Labute approximate surface area is 234 Å². The van der Waals surface area contributed by atoms with E-state index in [1.165, 1.54) is 0 Å². The van der Waals surface area contributed by atoms with Gasteiger partial charge in [-0.15, -0.1) is 0 Å². The van der Waals surface area contributed by atoms with Crippen molar-refractivity contribution >= 4 is 40.8 Å². The lowest BCUT2D eigenvalue weighted by Crippen LogP contribution is -2.48. The fourth-order valence-electron chi connectivity index (χ4n) is 3.52. The van der Waals surface area contributed by atoms with Crippen LogP contribution in [0.25, 0.3) is 5.83 Å². The van der Waals surface area contributed by atoms with Gasteiger partial charge in [-0.1, -0.05) is 29.3 Å². The Bertz CT molecular complexity index is 1320. The van der Waals surface area contributed by atoms with Crippen molar-refractivity contribution in [2.75, 3.05) is 13.6 Å².